The summed E-state index contributed by atoms with van der Waals surface area (Å²) < 4.78 is 52.3. The first-order valence-electron chi connectivity index (χ1n) is 9.72. The topological polar surface area (TPSA) is 76.8 Å². The van der Waals surface area contributed by atoms with Crippen molar-refractivity contribution < 1.29 is 27.4 Å². The Morgan fingerprint density at radius 2 is 1.65 bits per heavy atom. The van der Waals surface area contributed by atoms with Crippen LogP contribution in [0.3, 0.4) is 0 Å². The number of hydrogen-bond acceptors (Lipinski definition) is 4. The normalized spacial score (nSPS) is 10.4. The van der Waals surface area contributed by atoms with Gasteiger partial charge >= 0.3 is 6.03 Å². The predicted octanol–water partition coefficient (Wildman–Crippen LogP) is 6.65. The average molecular weight is 464 g/mol. The molecule has 4 aromatic rings. The lowest BCUT2D eigenvalue weighted by atomic mass is 10.1. The molecule has 0 saturated carbocycles. The smallest absolute Gasteiger partial charge is 0.323 e. The number of ether oxygens (including phenoxy) is 2. The molecule has 0 saturated heterocycles. The summed E-state index contributed by atoms with van der Waals surface area (Å²) in [5.41, 5.74) is 0.332. The van der Waals surface area contributed by atoms with E-state index in [-0.39, 0.29) is 22.8 Å². The maximum Gasteiger partial charge on any atom is 0.323 e. The number of aromatic nitrogens is 1. The summed E-state index contributed by atoms with van der Waals surface area (Å²) in [4.78, 5) is 19.7. The van der Waals surface area contributed by atoms with Crippen LogP contribution in [0.4, 0.5) is 35.0 Å². The number of benzene rings is 3. The molecule has 2 amide bonds. The van der Waals surface area contributed by atoms with Crippen LogP contribution in [0.5, 0.6) is 17.2 Å². The van der Waals surface area contributed by atoms with Gasteiger partial charge in [0.25, 0.3) is 0 Å². The number of fused-ring (bicyclic) bond motifs is 1. The predicted molar refractivity (Wildman–Crippen MR) is 120 cm³/mol. The van der Waals surface area contributed by atoms with Gasteiger partial charge in [-0.15, -0.1) is 0 Å². The van der Waals surface area contributed by atoms with Gasteiger partial charge in [0.15, 0.2) is 0 Å². The SMILES string of the molecule is [C-]#[N+]c1cc2c(Oc3ccc(NC(=O)Nc4ccc(F)cc4F)c(F)c3)ccnc2cc1OC. The zero-order valence-electron chi connectivity index (χ0n) is 17.5. The third-order valence-corrected chi connectivity index (χ3v) is 4.72. The van der Waals surface area contributed by atoms with E-state index in [1.165, 1.54) is 25.4 Å². The molecule has 1 heterocycles. The molecule has 0 aliphatic carbocycles. The fourth-order valence-corrected chi connectivity index (χ4v) is 3.13. The number of rotatable bonds is 5. The van der Waals surface area contributed by atoms with E-state index in [9.17, 15) is 18.0 Å². The molecule has 7 nitrogen and oxygen atoms in total. The van der Waals surface area contributed by atoms with Crippen LogP contribution >= 0.6 is 0 Å². The fourth-order valence-electron chi connectivity index (χ4n) is 3.13. The van der Waals surface area contributed by atoms with Gasteiger partial charge in [-0.2, -0.15) is 0 Å². The van der Waals surface area contributed by atoms with Gasteiger partial charge in [0, 0.05) is 23.7 Å². The molecular formula is C24H15F3N4O3. The first-order valence-corrected chi connectivity index (χ1v) is 9.72. The van der Waals surface area contributed by atoms with Crippen LogP contribution in [0.25, 0.3) is 15.7 Å². The maximum absolute atomic E-state index is 14.6. The molecule has 170 valence electrons. The van der Waals surface area contributed by atoms with Crippen LogP contribution in [-0.2, 0) is 0 Å². The third-order valence-electron chi connectivity index (χ3n) is 4.72. The minimum Gasteiger partial charge on any atom is -0.508 e. The van der Waals surface area contributed by atoms with E-state index in [1.54, 1.807) is 18.2 Å². The zero-order valence-corrected chi connectivity index (χ0v) is 17.5. The van der Waals surface area contributed by atoms with Gasteiger partial charge in [-0.05, 0) is 42.5 Å². The van der Waals surface area contributed by atoms with Gasteiger partial charge in [-0.1, -0.05) is 0 Å². The second kappa shape index (κ2) is 9.38. The van der Waals surface area contributed by atoms with Crippen molar-refractivity contribution >= 4 is 34.0 Å². The highest BCUT2D eigenvalue weighted by Crippen LogP contribution is 2.37. The number of carbonyl (C=O) groups excluding carboxylic acids is 1. The Morgan fingerprint density at radius 3 is 2.29 bits per heavy atom. The molecule has 0 aliphatic heterocycles. The van der Waals surface area contributed by atoms with Gasteiger partial charge in [0.1, 0.15) is 34.7 Å². The van der Waals surface area contributed by atoms with Crippen LogP contribution in [-0.4, -0.2) is 18.1 Å². The van der Waals surface area contributed by atoms with E-state index in [1.807, 2.05) is 0 Å². The maximum atomic E-state index is 14.6. The lowest BCUT2D eigenvalue weighted by Gasteiger charge is -2.12. The highest BCUT2D eigenvalue weighted by atomic mass is 19.1. The second-order valence-electron chi connectivity index (χ2n) is 6.91. The Hall–Kier alpha value is -4.78. The number of hydrogen-bond donors (Lipinski definition) is 2. The molecule has 1 aromatic heterocycles. The Labute approximate surface area is 191 Å². The monoisotopic (exact) mass is 464 g/mol. The van der Waals surface area contributed by atoms with E-state index < -0.39 is 23.5 Å². The molecule has 0 fully saturated rings. The molecule has 0 aliphatic rings. The summed E-state index contributed by atoms with van der Waals surface area (Å²) in [7, 11) is 1.45. The van der Waals surface area contributed by atoms with E-state index in [4.69, 9.17) is 16.0 Å². The number of anilines is 2. The molecule has 34 heavy (non-hydrogen) atoms. The van der Waals surface area contributed by atoms with Crippen molar-refractivity contribution in [2.24, 2.45) is 0 Å². The van der Waals surface area contributed by atoms with E-state index in [0.29, 0.717) is 28.5 Å². The van der Waals surface area contributed by atoms with Crippen molar-refractivity contribution in [1.82, 2.24) is 4.98 Å². The number of urea groups is 1. The number of carbonyl (C=O) groups is 1. The standard InChI is InChI=1S/C24H15F3N4O3/c1-28-21-11-15-20(12-23(21)33-2)29-8-7-22(15)34-14-4-6-19(17(27)10-14)31-24(32)30-18-5-3-13(25)9-16(18)26/h3-12H,2H3,(H2,30,31,32). The molecule has 0 bridgehead atoms. The zero-order chi connectivity index (χ0) is 24.2. The van der Waals surface area contributed by atoms with Crippen molar-refractivity contribution in [3.63, 3.8) is 0 Å². The molecule has 4 rings (SSSR count). The lowest BCUT2D eigenvalue weighted by Crippen LogP contribution is -2.20. The van der Waals surface area contributed by atoms with Gasteiger partial charge in [0.05, 0.1) is 30.6 Å². The molecule has 10 heteroatoms. The highest BCUT2D eigenvalue weighted by molar-refractivity contribution is 6.00. The van der Waals surface area contributed by atoms with E-state index in [0.717, 1.165) is 18.2 Å². The Kier molecular flexibility index (Phi) is 6.18. The fraction of sp³-hybridized carbons (Fsp3) is 0.0417. The number of nitrogens with zero attached hydrogens (tertiary/aromatic N) is 2. The molecular weight excluding hydrogens is 449 g/mol. The van der Waals surface area contributed by atoms with Crippen molar-refractivity contribution in [1.29, 1.82) is 0 Å². The highest BCUT2D eigenvalue weighted by Gasteiger charge is 2.14. The Balaban J connectivity index is 1.53. The van der Waals surface area contributed by atoms with Crippen molar-refractivity contribution in [3.8, 4) is 17.2 Å². The number of halogens is 3. The number of nitrogens with one attached hydrogen (secondary N) is 2. The summed E-state index contributed by atoms with van der Waals surface area (Å²) >= 11 is 0. The first-order chi connectivity index (χ1) is 16.4. The van der Waals surface area contributed by atoms with Gasteiger partial charge in [-0.3, -0.25) is 4.98 Å². The van der Waals surface area contributed by atoms with Gasteiger partial charge in [-0.25, -0.2) is 22.8 Å². The summed E-state index contributed by atoms with van der Waals surface area (Å²) in [6.45, 7) is 7.31. The summed E-state index contributed by atoms with van der Waals surface area (Å²) in [6.07, 6.45) is 1.50. The van der Waals surface area contributed by atoms with Crippen molar-refractivity contribution in [2.75, 3.05) is 17.7 Å². The van der Waals surface area contributed by atoms with Crippen LogP contribution < -0.4 is 20.1 Å². The largest absolute Gasteiger partial charge is 0.508 e. The lowest BCUT2D eigenvalue weighted by molar-refractivity contribution is 0.262. The Morgan fingerprint density at radius 1 is 0.941 bits per heavy atom. The molecule has 2 N–H and O–H groups in total. The van der Waals surface area contributed by atoms with Crippen LogP contribution in [0.1, 0.15) is 0 Å². The molecule has 0 unspecified atom stereocenters. The minimum absolute atomic E-state index is 0.126. The molecule has 3 aromatic carbocycles. The quantitative estimate of drug-likeness (QED) is 0.324. The van der Waals surface area contributed by atoms with Crippen molar-refractivity contribution in [2.45, 2.75) is 0 Å². The molecule has 0 atom stereocenters. The van der Waals surface area contributed by atoms with Gasteiger partial charge in [0.2, 0.25) is 5.69 Å². The van der Waals surface area contributed by atoms with Crippen LogP contribution in [0.2, 0.25) is 0 Å². The average Bonchev–Trinajstić information content (AvgIpc) is 2.82. The summed E-state index contributed by atoms with van der Waals surface area (Å²) in [5, 5.41) is 4.95. The van der Waals surface area contributed by atoms with Gasteiger partial charge < -0.3 is 20.1 Å². The molecule has 0 spiro atoms. The summed E-state index contributed by atoms with van der Waals surface area (Å²) in [5.74, 6) is -1.75. The van der Waals surface area contributed by atoms with E-state index >= 15 is 0 Å². The van der Waals surface area contributed by atoms with Crippen LogP contribution in [0, 0.1) is 24.0 Å². The van der Waals surface area contributed by atoms with Crippen molar-refractivity contribution in [3.05, 3.63) is 89.7 Å². The minimum atomic E-state index is -0.969. The summed E-state index contributed by atoms with van der Waals surface area (Å²) in [6, 6.07) is 10.2. The second-order valence-corrected chi connectivity index (χ2v) is 6.91. The van der Waals surface area contributed by atoms with E-state index in [2.05, 4.69) is 20.5 Å². The number of amides is 2. The number of pyridine rings is 1. The molecule has 0 radical (unpaired) electrons. The Bertz CT molecular complexity index is 1450. The number of methoxy groups -OCH3 is 1. The van der Waals surface area contributed by atoms with Crippen LogP contribution in [0.15, 0.2) is 60.8 Å². The third kappa shape index (κ3) is 4.68. The first kappa shape index (κ1) is 22.4.